The van der Waals surface area contributed by atoms with Crippen molar-refractivity contribution < 1.29 is 4.74 Å². The monoisotopic (exact) mass is 367 g/mol. The molecule has 1 N–H and O–H groups in total. The zero-order valence-electron chi connectivity index (χ0n) is 15.5. The highest BCUT2D eigenvalue weighted by atomic mass is 32.1. The van der Waals surface area contributed by atoms with E-state index in [1.807, 2.05) is 30.3 Å². The minimum atomic E-state index is 0.277. The van der Waals surface area contributed by atoms with Crippen LogP contribution in [0.3, 0.4) is 0 Å². The lowest BCUT2D eigenvalue weighted by Gasteiger charge is -2.25. The number of methoxy groups -OCH3 is 1. The second kappa shape index (κ2) is 8.94. The number of nitrogens with one attached hydrogen (secondary N) is 1. The largest absolute Gasteiger partial charge is 0.497 e. The van der Waals surface area contributed by atoms with Crippen LogP contribution < -0.4 is 10.1 Å². The van der Waals surface area contributed by atoms with Crippen LogP contribution in [0.1, 0.15) is 16.6 Å². The quantitative estimate of drug-likeness (QED) is 0.647. The van der Waals surface area contributed by atoms with E-state index in [9.17, 15) is 0 Å². The van der Waals surface area contributed by atoms with E-state index in [-0.39, 0.29) is 6.04 Å². The number of benzene rings is 2. The number of nitrogens with zero attached hydrogens (tertiary/aromatic N) is 2. The van der Waals surface area contributed by atoms with E-state index in [0.717, 1.165) is 35.1 Å². The third-order valence-corrected chi connectivity index (χ3v) is 5.19. The standard InChI is InChI=1S/C21H25N3OS/c1-24(2)20(17-10-7-11-18(12-17)25-3)13-22-14-21-23-19(15-26-21)16-8-5-4-6-9-16/h4-12,15,20,22H,13-14H2,1-3H3. The fourth-order valence-corrected chi connectivity index (χ4v) is 3.67. The van der Waals surface area contributed by atoms with E-state index >= 15 is 0 Å². The summed E-state index contributed by atoms with van der Waals surface area (Å²) >= 11 is 1.70. The summed E-state index contributed by atoms with van der Waals surface area (Å²) in [6, 6.07) is 18.8. The van der Waals surface area contributed by atoms with Gasteiger partial charge < -0.3 is 15.0 Å². The molecule has 0 amide bonds. The van der Waals surface area contributed by atoms with Crippen molar-refractivity contribution in [3.63, 3.8) is 0 Å². The molecule has 0 radical (unpaired) electrons. The summed E-state index contributed by atoms with van der Waals surface area (Å²) in [6.07, 6.45) is 0. The predicted octanol–water partition coefficient (Wildman–Crippen LogP) is 4.21. The lowest BCUT2D eigenvalue weighted by Crippen LogP contribution is -2.30. The summed E-state index contributed by atoms with van der Waals surface area (Å²) in [5.74, 6) is 0.891. The maximum atomic E-state index is 5.36. The van der Waals surface area contributed by atoms with Gasteiger partial charge in [-0.15, -0.1) is 11.3 Å². The Morgan fingerprint density at radius 1 is 1.12 bits per heavy atom. The van der Waals surface area contributed by atoms with Gasteiger partial charge in [-0.3, -0.25) is 0 Å². The van der Waals surface area contributed by atoms with Gasteiger partial charge in [0.1, 0.15) is 10.8 Å². The Bertz CT molecular complexity index is 817. The highest BCUT2D eigenvalue weighted by Gasteiger charge is 2.15. The lowest BCUT2D eigenvalue weighted by molar-refractivity contribution is 0.287. The summed E-state index contributed by atoms with van der Waals surface area (Å²) < 4.78 is 5.36. The van der Waals surface area contributed by atoms with Gasteiger partial charge in [0.25, 0.3) is 0 Å². The van der Waals surface area contributed by atoms with E-state index in [0.29, 0.717) is 0 Å². The van der Waals surface area contributed by atoms with E-state index in [2.05, 4.69) is 54.0 Å². The Morgan fingerprint density at radius 2 is 1.92 bits per heavy atom. The molecule has 2 aromatic carbocycles. The number of rotatable bonds is 8. The molecule has 1 atom stereocenters. The molecule has 0 saturated carbocycles. The number of thiazole rings is 1. The maximum absolute atomic E-state index is 5.36. The predicted molar refractivity (Wildman–Crippen MR) is 109 cm³/mol. The Kier molecular flexibility index (Phi) is 6.39. The second-order valence-corrected chi connectivity index (χ2v) is 7.32. The Morgan fingerprint density at radius 3 is 2.65 bits per heavy atom. The van der Waals surface area contributed by atoms with Crippen LogP contribution in [0.2, 0.25) is 0 Å². The van der Waals surface area contributed by atoms with Crippen LogP contribution in [-0.4, -0.2) is 37.6 Å². The van der Waals surface area contributed by atoms with Crippen molar-refractivity contribution in [3.05, 3.63) is 70.5 Å². The number of likely N-dealkylation sites (N-methyl/N-ethyl adjacent to an activating group) is 1. The Balaban J connectivity index is 1.61. The molecular formula is C21H25N3OS. The molecule has 3 aromatic rings. The summed E-state index contributed by atoms with van der Waals surface area (Å²) in [5, 5.41) is 6.78. The van der Waals surface area contributed by atoms with E-state index < -0.39 is 0 Å². The molecule has 1 aromatic heterocycles. The van der Waals surface area contributed by atoms with Crippen molar-refractivity contribution in [2.45, 2.75) is 12.6 Å². The van der Waals surface area contributed by atoms with Crippen molar-refractivity contribution >= 4 is 11.3 Å². The fourth-order valence-electron chi connectivity index (χ4n) is 2.90. The van der Waals surface area contributed by atoms with Crippen LogP contribution >= 0.6 is 11.3 Å². The van der Waals surface area contributed by atoms with Crippen LogP contribution in [0.5, 0.6) is 5.75 Å². The number of hydrogen-bond acceptors (Lipinski definition) is 5. The van der Waals surface area contributed by atoms with E-state index in [1.165, 1.54) is 5.56 Å². The zero-order valence-corrected chi connectivity index (χ0v) is 16.3. The molecule has 0 spiro atoms. The third-order valence-electron chi connectivity index (χ3n) is 4.34. The van der Waals surface area contributed by atoms with Gasteiger partial charge in [0.2, 0.25) is 0 Å². The van der Waals surface area contributed by atoms with Crippen molar-refractivity contribution in [2.75, 3.05) is 27.7 Å². The molecule has 0 aliphatic rings. The van der Waals surface area contributed by atoms with Crippen molar-refractivity contribution in [2.24, 2.45) is 0 Å². The smallest absolute Gasteiger partial charge is 0.119 e. The molecule has 0 fully saturated rings. The molecule has 3 rings (SSSR count). The van der Waals surface area contributed by atoms with Crippen molar-refractivity contribution in [1.82, 2.24) is 15.2 Å². The molecule has 0 aliphatic heterocycles. The van der Waals surface area contributed by atoms with Gasteiger partial charge in [0.05, 0.1) is 12.8 Å². The first-order valence-electron chi connectivity index (χ1n) is 8.68. The van der Waals surface area contributed by atoms with E-state index in [1.54, 1.807) is 18.4 Å². The highest BCUT2D eigenvalue weighted by Crippen LogP contribution is 2.23. The normalized spacial score (nSPS) is 12.3. The SMILES string of the molecule is COc1cccc(C(CNCc2nc(-c3ccccc3)cs2)N(C)C)c1. The van der Waals surface area contributed by atoms with Crippen LogP contribution in [0, 0.1) is 0 Å². The third kappa shape index (κ3) is 4.69. The van der Waals surface area contributed by atoms with Crippen molar-refractivity contribution in [1.29, 1.82) is 0 Å². The second-order valence-electron chi connectivity index (χ2n) is 6.38. The molecule has 136 valence electrons. The van der Waals surface area contributed by atoms with Gasteiger partial charge in [0, 0.05) is 30.1 Å². The number of ether oxygens (including phenoxy) is 1. The first-order chi connectivity index (χ1) is 12.7. The average Bonchev–Trinajstić information content (AvgIpc) is 3.14. The fraction of sp³-hybridized carbons (Fsp3) is 0.286. The Labute approximate surface area is 159 Å². The van der Waals surface area contributed by atoms with Crippen molar-refractivity contribution in [3.8, 4) is 17.0 Å². The van der Waals surface area contributed by atoms with Gasteiger partial charge in [0.15, 0.2) is 0 Å². The van der Waals surface area contributed by atoms with E-state index in [4.69, 9.17) is 9.72 Å². The van der Waals surface area contributed by atoms with Crippen LogP contribution in [0.25, 0.3) is 11.3 Å². The maximum Gasteiger partial charge on any atom is 0.119 e. The molecule has 1 heterocycles. The van der Waals surface area contributed by atoms with Crippen LogP contribution in [0.15, 0.2) is 60.0 Å². The summed E-state index contributed by atoms with van der Waals surface area (Å²) in [5.41, 5.74) is 3.45. The molecule has 0 aliphatic carbocycles. The molecule has 0 bridgehead atoms. The van der Waals surface area contributed by atoms with Gasteiger partial charge in [-0.2, -0.15) is 0 Å². The van der Waals surface area contributed by atoms with Crippen LogP contribution in [-0.2, 0) is 6.54 Å². The van der Waals surface area contributed by atoms with Gasteiger partial charge >= 0.3 is 0 Å². The van der Waals surface area contributed by atoms with Gasteiger partial charge in [-0.05, 0) is 31.8 Å². The molecular weight excluding hydrogens is 342 g/mol. The summed E-state index contributed by atoms with van der Waals surface area (Å²) in [7, 11) is 5.90. The van der Waals surface area contributed by atoms with Gasteiger partial charge in [-0.25, -0.2) is 4.98 Å². The van der Waals surface area contributed by atoms with Gasteiger partial charge in [-0.1, -0.05) is 42.5 Å². The lowest BCUT2D eigenvalue weighted by atomic mass is 10.1. The molecule has 26 heavy (non-hydrogen) atoms. The summed E-state index contributed by atoms with van der Waals surface area (Å²) in [4.78, 5) is 6.97. The topological polar surface area (TPSA) is 37.4 Å². The molecule has 0 saturated heterocycles. The minimum Gasteiger partial charge on any atom is -0.497 e. The average molecular weight is 368 g/mol. The molecule has 4 nitrogen and oxygen atoms in total. The molecule has 1 unspecified atom stereocenters. The Hall–Kier alpha value is -2.21. The number of aromatic nitrogens is 1. The first-order valence-corrected chi connectivity index (χ1v) is 9.56. The minimum absolute atomic E-state index is 0.277. The first kappa shape index (κ1) is 18.6. The summed E-state index contributed by atoms with van der Waals surface area (Å²) in [6.45, 7) is 1.62. The zero-order chi connectivity index (χ0) is 18.4. The van der Waals surface area contributed by atoms with Crippen LogP contribution in [0.4, 0.5) is 0 Å². The highest BCUT2D eigenvalue weighted by molar-refractivity contribution is 7.09. The molecule has 5 heteroatoms. The number of hydrogen-bond donors (Lipinski definition) is 1.